The van der Waals surface area contributed by atoms with E-state index in [1.165, 1.54) is 35.1 Å². The average Bonchev–Trinajstić information content (AvgIpc) is 2.95. The second-order valence-corrected chi connectivity index (χ2v) is 8.39. The number of thiazole rings is 1. The molecule has 1 heterocycles. The van der Waals surface area contributed by atoms with Crippen LogP contribution in [0.25, 0.3) is 0 Å². The molecule has 0 saturated carbocycles. The summed E-state index contributed by atoms with van der Waals surface area (Å²) in [5.41, 5.74) is -0.132. The molecule has 0 bridgehead atoms. The number of methoxy groups -OCH3 is 1. The van der Waals surface area contributed by atoms with Crippen LogP contribution in [0.1, 0.15) is 42.4 Å². The highest BCUT2D eigenvalue weighted by atomic mass is 35.5. The zero-order chi connectivity index (χ0) is 20.4. The van der Waals surface area contributed by atoms with Crippen LogP contribution in [0.15, 0.2) is 29.4 Å². The zero-order valence-electron chi connectivity index (χ0n) is 15.4. The van der Waals surface area contributed by atoms with Gasteiger partial charge in [0.15, 0.2) is 4.80 Å². The van der Waals surface area contributed by atoms with Gasteiger partial charge in [-0.15, -0.1) is 11.3 Å². The number of aryl methyl sites for hydroxylation is 1. The van der Waals surface area contributed by atoms with Crippen LogP contribution >= 0.6 is 22.9 Å². The van der Waals surface area contributed by atoms with E-state index in [4.69, 9.17) is 16.3 Å². The summed E-state index contributed by atoms with van der Waals surface area (Å²) in [4.78, 5) is 17.7. The normalized spacial score (nSPS) is 13.1. The van der Waals surface area contributed by atoms with Crippen molar-refractivity contribution in [1.29, 1.82) is 0 Å². The molecule has 0 spiro atoms. The molecule has 0 aliphatic heterocycles. The molecular weight excluding hydrogens is 401 g/mol. The zero-order valence-corrected chi connectivity index (χ0v) is 16.9. The van der Waals surface area contributed by atoms with Gasteiger partial charge >= 0.3 is 6.18 Å². The van der Waals surface area contributed by atoms with Crippen molar-refractivity contribution in [1.82, 2.24) is 4.57 Å². The minimum atomic E-state index is -4.30. The number of halogens is 4. The summed E-state index contributed by atoms with van der Waals surface area (Å²) >= 11 is 7.13. The van der Waals surface area contributed by atoms with E-state index in [2.05, 4.69) is 4.99 Å². The molecule has 0 aliphatic rings. The maximum absolute atomic E-state index is 12.6. The fourth-order valence-corrected chi connectivity index (χ4v) is 3.46. The first-order chi connectivity index (χ1) is 12.4. The molecule has 0 aliphatic carbocycles. The standard InChI is InChI=1S/C18H20ClF3N2O2S/c1-17(2,3)14-10-24(8-7-18(20,21)22)16(27-14)23-15(25)12-9-11(19)5-6-13(12)26-4/h5-6,9-10H,7-8H2,1-4H3/b23-16-. The van der Waals surface area contributed by atoms with E-state index in [0.29, 0.717) is 10.8 Å². The maximum atomic E-state index is 12.6. The SMILES string of the molecule is COc1ccc(Cl)cc1C(=O)/N=c1\sc(C(C)(C)C)cn1CCC(F)(F)F. The van der Waals surface area contributed by atoms with Crippen LogP contribution in [-0.4, -0.2) is 23.8 Å². The Morgan fingerprint density at radius 1 is 1.30 bits per heavy atom. The number of hydrogen-bond donors (Lipinski definition) is 0. The van der Waals surface area contributed by atoms with Gasteiger partial charge in [-0.1, -0.05) is 32.4 Å². The van der Waals surface area contributed by atoms with Gasteiger partial charge in [-0.25, -0.2) is 0 Å². The Balaban J connectivity index is 2.50. The molecule has 0 radical (unpaired) electrons. The van der Waals surface area contributed by atoms with E-state index in [1.807, 2.05) is 20.8 Å². The summed E-state index contributed by atoms with van der Waals surface area (Å²) < 4.78 is 44.5. The van der Waals surface area contributed by atoms with Crippen LogP contribution < -0.4 is 9.54 Å². The highest BCUT2D eigenvalue weighted by molar-refractivity contribution is 7.09. The summed E-state index contributed by atoms with van der Waals surface area (Å²) in [5, 5.41) is 0.334. The van der Waals surface area contributed by atoms with Crippen molar-refractivity contribution in [2.45, 2.75) is 45.3 Å². The predicted molar refractivity (Wildman–Crippen MR) is 99.6 cm³/mol. The molecule has 0 unspecified atom stereocenters. The first-order valence-corrected chi connectivity index (χ1v) is 9.30. The van der Waals surface area contributed by atoms with Crippen LogP contribution in [0.3, 0.4) is 0 Å². The van der Waals surface area contributed by atoms with Gasteiger partial charge < -0.3 is 9.30 Å². The van der Waals surface area contributed by atoms with Gasteiger partial charge in [-0.2, -0.15) is 18.2 Å². The molecule has 0 N–H and O–H groups in total. The van der Waals surface area contributed by atoms with Crippen LogP contribution in [0, 0.1) is 0 Å². The highest BCUT2D eigenvalue weighted by Gasteiger charge is 2.27. The van der Waals surface area contributed by atoms with Crippen LogP contribution in [0.2, 0.25) is 5.02 Å². The lowest BCUT2D eigenvalue weighted by Gasteiger charge is -2.14. The lowest BCUT2D eigenvalue weighted by Crippen LogP contribution is -2.20. The molecule has 148 valence electrons. The Bertz CT molecular complexity index is 895. The lowest BCUT2D eigenvalue weighted by molar-refractivity contribution is -0.136. The number of amides is 1. The molecule has 4 nitrogen and oxygen atoms in total. The number of alkyl halides is 3. The van der Waals surface area contributed by atoms with Crippen molar-refractivity contribution in [3.63, 3.8) is 0 Å². The number of ether oxygens (including phenoxy) is 1. The number of benzene rings is 1. The molecular formula is C18H20ClF3N2O2S. The summed E-state index contributed by atoms with van der Waals surface area (Å²) in [5.74, 6) is -0.333. The fraction of sp³-hybridized carbons (Fsp3) is 0.444. The number of carbonyl (C=O) groups excluding carboxylic acids is 1. The van der Waals surface area contributed by atoms with Crippen molar-refractivity contribution in [2.24, 2.45) is 4.99 Å². The van der Waals surface area contributed by atoms with E-state index in [-0.39, 0.29) is 22.3 Å². The molecule has 1 amide bonds. The molecule has 1 aromatic carbocycles. The summed E-state index contributed by atoms with van der Waals surface area (Å²) in [6, 6.07) is 4.53. The Labute approximate surface area is 164 Å². The van der Waals surface area contributed by atoms with Crippen LogP contribution in [0.5, 0.6) is 5.75 Å². The lowest BCUT2D eigenvalue weighted by atomic mass is 9.95. The van der Waals surface area contributed by atoms with E-state index >= 15 is 0 Å². The van der Waals surface area contributed by atoms with Gasteiger partial charge in [-0.05, 0) is 23.6 Å². The van der Waals surface area contributed by atoms with Gasteiger partial charge in [0.05, 0.1) is 19.1 Å². The molecule has 2 aromatic rings. The summed E-state index contributed by atoms with van der Waals surface area (Å²) in [6.45, 7) is 5.52. The quantitative estimate of drug-likeness (QED) is 0.682. The van der Waals surface area contributed by atoms with Crippen LogP contribution in [0.4, 0.5) is 13.2 Å². The van der Waals surface area contributed by atoms with Crippen molar-refractivity contribution in [3.05, 3.63) is 44.7 Å². The minimum absolute atomic E-state index is 0.151. The second kappa shape index (κ2) is 8.06. The highest BCUT2D eigenvalue weighted by Crippen LogP contribution is 2.27. The monoisotopic (exact) mass is 420 g/mol. The second-order valence-electron chi connectivity index (χ2n) is 6.95. The first kappa shape index (κ1) is 21.5. The third-order valence-electron chi connectivity index (χ3n) is 3.68. The number of carbonyl (C=O) groups is 1. The topological polar surface area (TPSA) is 43.6 Å². The fourth-order valence-electron chi connectivity index (χ4n) is 2.22. The third-order valence-corrected chi connectivity index (χ3v) is 5.37. The predicted octanol–water partition coefficient (Wildman–Crippen LogP) is 5.20. The van der Waals surface area contributed by atoms with E-state index < -0.39 is 18.5 Å². The Kier molecular flexibility index (Phi) is 6.42. The van der Waals surface area contributed by atoms with Gasteiger partial charge in [0.1, 0.15) is 5.75 Å². The Morgan fingerprint density at radius 2 is 1.96 bits per heavy atom. The van der Waals surface area contributed by atoms with Gasteiger partial charge in [-0.3, -0.25) is 4.79 Å². The van der Waals surface area contributed by atoms with E-state index in [1.54, 1.807) is 12.3 Å². The number of aromatic nitrogens is 1. The Hall–Kier alpha value is -1.80. The maximum Gasteiger partial charge on any atom is 0.390 e. The van der Waals surface area contributed by atoms with E-state index in [0.717, 1.165) is 4.88 Å². The van der Waals surface area contributed by atoms with Crippen LogP contribution in [-0.2, 0) is 12.0 Å². The molecule has 0 saturated heterocycles. The van der Waals surface area contributed by atoms with Crippen molar-refractivity contribution < 1.29 is 22.7 Å². The first-order valence-electron chi connectivity index (χ1n) is 8.11. The number of nitrogens with zero attached hydrogens (tertiary/aromatic N) is 2. The van der Waals surface area contributed by atoms with Crippen molar-refractivity contribution in [3.8, 4) is 5.75 Å². The van der Waals surface area contributed by atoms with Gasteiger partial charge in [0.25, 0.3) is 5.91 Å². The molecule has 1 aromatic heterocycles. The van der Waals surface area contributed by atoms with Crippen molar-refractivity contribution in [2.75, 3.05) is 7.11 Å². The number of rotatable bonds is 4. The molecule has 27 heavy (non-hydrogen) atoms. The van der Waals surface area contributed by atoms with E-state index in [9.17, 15) is 18.0 Å². The Morgan fingerprint density at radius 3 is 2.52 bits per heavy atom. The molecule has 0 fully saturated rings. The summed E-state index contributed by atoms with van der Waals surface area (Å²) in [7, 11) is 1.41. The molecule has 9 heteroatoms. The third kappa shape index (κ3) is 5.84. The minimum Gasteiger partial charge on any atom is -0.496 e. The average molecular weight is 421 g/mol. The summed E-state index contributed by atoms with van der Waals surface area (Å²) in [6.07, 6.45) is -3.68. The largest absolute Gasteiger partial charge is 0.496 e. The molecule has 0 atom stereocenters. The van der Waals surface area contributed by atoms with Gasteiger partial charge in [0.2, 0.25) is 0 Å². The molecule has 2 rings (SSSR count). The van der Waals surface area contributed by atoms with Crippen molar-refractivity contribution >= 4 is 28.8 Å². The number of hydrogen-bond acceptors (Lipinski definition) is 3. The van der Waals surface area contributed by atoms with Gasteiger partial charge in [0, 0.05) is 22.6 Å². The smallest absolute Gasteiger partial charge is 0.390 e.